The monoisotopic (exact) mass is 277 g/mol. The van der Waals surface area contributed by atoms with E-state index in [-0.39, 0.29) is 5.60 Å². The van der Waals surface area contributed by atoms with Crippen molar-refractivity contribution >= 4 is 0 Å². The summed E-state index contributed by atoms with van der Waals surface area (Å²) in [5.74, 6) is 1.61. The van der Waals surface area contributed by atoms with Crippen LogP contribution in [0.15, 0.2) is 24.3 Å². The van der Waals surface area contributed by atoms with Gasteiger partial charge in [0.05, 0.1) is 18.8 Å². The van der Waals surface area contributed by atoms with Crippen molar-refractivity contribution in [2.24, 2.45) is 0 Å². The highest BCUT2D eigenvalue weighted by Gasteiger charge is 2.24. The number of para-hydroxylation sites is 1. The van der Waals surface area contributed by atoms with E-state index in [4.69, 9.17) is 9.47 Å². The van der Waals surface area contributed by atoms with E-state index in [1.54, 1.807) is 0 Å². The maximum atomic E-state index is 5.92. The van der Waals surface area contributed by atoms with E-state index in [1.807, 2.05) is 13.1 Å². The second-order valence-corrected chi connectivity index (χ2v) is 6.52. The van der Waals surface area contributed by atoms with Gasteiger partial charge in [0.2, 0.25) is 0 Å². The lowest BCUT2D eigenvalue weighted by Crippen LogP contribution is -2.36. The van der Waals surface area contributed by atoms with Crippen molar-refractivity contribution < 1.29 is 9.47 Å². The van der Waals surface area contributed by atoms with Gasteiger partial charge >= 0.3 is 0 Å². The zero-order chi connectivity index (χ0) is 14.6. The molecule has 1 aliphatic heterocycles. The average molecular weight is 277 g/mol. The summed E-state index contributed by atoms with van der Waals surface area (Å²) in [6.45, 7) is 7.87. The molecule has 0 saturated carbocycles. The molecule has 0 fully saturated rings. The fourth-order valence-electron chi connectivity index (χ4n) is 2.62. The Labute approximate surface area is 122 Å². The molecule has 0 spiro atoms. The maximum Gasteiger partial charge on any atom is 0.122 e. The molecule has 1 aromatic carbocycles. The van der Waals surface area contributed by atoms with Crippen molar-refractivity contribution in [2.45, 2.75) is 51.2 Å². The molecule has 0 bridgehead atoms. The lowest BCUT2D eigenvalue weighted by atomic mass is 9.87. The minimum absolute atomic E-state index is 0.0807. The number of ether oxygens (including phenoxy) is 2. The van der Waals surface area contributed by atoms with Crippen molar-refractivity contribution in [1.82, 2.24) is 5.32 Å². The Morgan fingerprint density at radius 3 is 2.80 bits per heavy atom. The summed E-state index contributed by atoms with van der Waals surface area (Å²) in [6.07, 6.45) is 2.18. The van der Waals surface area contributed by atoms with E-state index in [2.05, 4.69) is 44.3 Å². The maximum absolute atomic E-state index is 5.92. The number of benzene rings is 1. The largest absolute Gasteiger partial charge is 0.493 e. The van der Waals surface area contributed by atoms with E-state index in [9.17, 15) is 0 Å². The Bertz CT molecular complexity index is 425. The van der Waals surface area contributed by atoms with Crippen molar-refractivity contribution in [1.29, 1.82) is 0 Å². The first-order valence-corrected chi connectivity index (χ1v) is 7.52. The van der Waals surface area contributed by atoms with E-state index < -0.39 is 0 Å². The third-order valence-electron chi connectivity index (χ3n) is 3.78. The molecule has 0 radical (unpaired) electrons. The Morgan fingerprint density at radius 1 is 1.35 bits per heavy atom. The molecular weight excluding hydrogens is 250 g/mol. The molecule has 1 heterocycles. The molecular formula is C17H27NO2. The standard InChI is InChI=1S/C17H27NO2/c1-17(2,3)20-12-14(18-4)11-13-9-10-19-16-8-6-5-7-15(13)16/h5-8,13-14,18H,9-12H2,1-4H3. The van der Waals surface area contributed by atoms with Crippen molar-refractivity contribution in [3.05, 3.63) is 29.8 Å². The molecule has 0 amide bonds. The van der Waals surface area contributed by atoms with Gasteiger partial charge in [0.1, 0.15) is 5.75 Å². The molecule has 2 atom stereocenters. The van der Waals surface area contributed by atoms with Crippen LogP contribution in [-0.4, -0.2) is 31.9 Å². The van der Waals surface area contributed by atoms with Crippen LogP contribution in [0.2, 0.25) is 0 Å². The van der Waals surface area contributed by atoms with Crippen LogP contribution in [0.3, 0.4) is 0 Å². The summed E-state index contributed by atoms with van der Waals surface area (Å²) in [6, 6.07) is 8.78. The van der Waals surface area contributed by atoms with Crippen LogP contribution in [-0.2, 0) is 4.74 Å². The number of rotatable bonds is 5. The lowest BCUT2D eigenvalue weighted by Gasteiger charge is -2.30. The number of hydrogen-bond acceptors (Lipinski definition) is 3. The molecule has 1 aliphatic rings. The summed E-state index contributed by atoms with van der Waals surface area (Å²) in [7, 11) is 2.02. The number of nitrogens with one attached hydrogen (secondary N) is 1. The molecule has 1 aromatic rings. The van der Waals surface area contributed by atoms with Gasteiger partial charge in [0.25, 0.3) is 0 Å². The highest BCUT2D eigenvalue weighted by atomic mass is 16.5. The summed E-state index contributed by atoms with van der Waals surface area (Å²) < 4.78 is 11.6. The SMILES string of the molecule is CNC(COC(C)(C)C)CC1CCOc2ccccc21. The molecule has 0 aliphatic carbocycles. The van der Waals surface area contributed by atoms with Crippen LogP contribution in [0.1, 0.15) is 45.1 Å². The second-order valence-electron chi connectivity index (χ2n) is 6.52. The van der Waals surface area contributed by atoms with Crippen LogP contribution < -0.4 is 10.1 Å². The Hall–Kier alpha value is -1.06. The normalized spacial score (nSPS) is 20.1. The van der Waals surface area contributed by atoms with Crippen LogP contribution in [0, 0.1) is 0 Å². The third kappa shape index (κ3) is 4.22. The van der Waals surface area contributed by atoms with Gasteiger partial charge in [-0.25, -0.2) is 0 Å². The summed E-state index contributed by atoms with van der Waals surface area (Å²) in [5, 5.41) is 3.39. The molecule has 1 N–H and O–H groups in total. The van der Waals surface area contributed by atoms with E-state index in [0.717, 1.165) is 31.8 Å². The molecule has 3 heteroatoms. The quantitative estimate of drug-likeness (QED) is 0.895. The van der Waals surface area contributed by atoms with Gasteiger partial charge in [-0.15, -0.1) is 0 Å². The zero-order valence-electron chi connectivity index (χ0n) is 13.1. The predicted octanol–water partition coefficient (Wildman–Crippen LogP) is 3.35. The number of fused-ring (bicyclic) bond motifs is 1. The van der Waals surface area contributed by atoms with Crippen LogP contribution >= 0.6 is 0 Å². The smallest absolute Gasteiger partial charge is 0.122 e. The lowest BCUT2D eigenvalue weighted by molar-refractivity contribution is -0.0157. The second kappa shape index (κ2) is 6.59. The fourth-order valence-corrected chi connectivity index (χ4v) is 2.62. The Morgan fingerprint density at radius 2 is 2.10 bits per heavy atom. The van der Waals surface area contributed by atoms with Crippen molar-refractivity contribution in [3.63, 3.8) is 0 Å². The summed E-state index contributed by atoms with van der Waals surface area (Å²) in [5.41, 5.74) is 1.26. The fraction of sp³-hybridized carbons (Fsp3) is 0.647. The van der Waals surface area contributed by atoms with Gasteiger partial charge in [-0.2, -0.15) is 0 Å². The van der Waals surface area contributed by atoms with Gasteiger partial charge in [0, 0.05) is 6.04 Å². The molecule has 0 aromatic heterocycles. The summed E-state index contributed by atoms with van der Waals surface area (Å²) in [4.78, 5) is 0. The minimum Gasteiger partial charge on any atom is -0.493 e. The zero-order valence-corrected chi connectivity index (χ0v) is 13.1. The van der Waals surface area contributed by atoms with Crippen molar-refractivity contribution in [3.8, 4) is 5.75 Å². The molecule has 2 rings (SSSR count). The van der Waals surface area contributed by atoms with E-state index in [1.165, 1.54) is 5.56 Å². The number of hydrogen-bond donors (Lipinski definition) is 1. The van der Waals surface area contributed by atoms with Crippen LogP contribution in [0.5, 0.6) is 5.75 Å². The van der Waals surface area contributed by atoms with Gasteiger partial charge in [0.15, 0.2) is 0 Å². The highest BCUT2D eigenvalue weighted by Crippen LogP contribution is 2.36. The molecule has 0 saturated heterocycles. The number of likely N-dealkylation sites (N-methyl/N-ethyl adjacent to an activating group) is 1. The van der Waals surface area contributed by atoms with E-state index in [0.29, 0.717) is 12.0 Å². The van der Waals surface area contributed by atoms with Crippen molar-refractivity contribution in [2.75, 3.05) is 20.3 Å². The molecule has 3 nitrogen and oxygen atoms in total. The first-order chi connectivity index (χ1) is 9.49. The predicted molar refractivity (Wildman–Crippen MR) is 82.5 cm³/mol. The van der Waals surface area contributed by atoms with Gasteiger partial charge in [-0.3, -0.25) is 0 Å². The third-order valence-corrected chi connectivity index (χ3v) is 3.78. The van der Waals surface area contributed by atoms with Gasteiger partial charge in [-0.05, 0) is 58.2 Å². The first-order valence-electron chi connectivity index (χ1n) is 7.52. The van der Waals surface area contributed by atoms with Gasteiger partial charge in [-0.1, -0.05) is 18.2 Å². The Balaban J connectivity index is 1.98. The molecule has 112 valence electrons. The minimum atomic E-state index is -0.0807. The van der Waals surface area contributed by atoms with Gasteiger partial charge < -0.3 is 14.8 Å². The van der Waals surface area contributed by atoms with E-state index >= 15 is 0 Å². The average Bonchev–Trinajstić information content (AvgIpc) is 2.42. The van der Waals surface area contributed by atoms with Crippen LogP contribution in [0.25, 0.3) is 0 Å². The van der Waals surface area contributed by atoms with Crippen LogP contribution in [0.4, 0.5) is 0 Å². The Kier molecular flexibility index (Phi) is 5.06. The first kappa shape index (κ1) is 15.3. The summed E-state index contributed by atoms with van der Waals surface area (Å²) >= 11 is 0. The molecule has 2 unspecified atom stereocenters. The highest BCUT2D eigenvalue weighted by molar-refractivity contribution is 5.37. The topological polar surface area (TPSA) is 30.5 Å². The molecule has 20 heavy (non-hydrogen) atoms.